The molecule has 2 unspecified atom stereocenters. The molecule has 2 aliphatic rings. The van der Waals surface area contributed by atoms with Crippen LogP contribution in [0.1, 0.15) is 30.6 Å². The van der Waals surface area contributed by atoms with Gasteiger partial charge >= 0.3 is 0 Å². The van der Waals surface area contributed by atoms with Gasteiger partial charge in [-0.1, -0.05) is 30.3 Å². The van der Waals surface area contributed by atoms with Crippen molar-refractivity contribution in [3.05, 3.63) is 60.1 Å². The van der Waals surface area contributed by atoms with Crippen molar-refractivity contribution in [1.29, 1.82) is 0 Å². The van der Waals surface area contributed by atoms with Gasteiger partial charge in [-0.15, -0.1) is 24.0 Å². The molecular weight excluding hydrogens is 463 g/mol. The van der Waals surface area contributed by atoms with E-state index in [4.69, 9.17) is 4.42 Å². The van der Waals surface area contributed by atoms with Crippen LogP contribution in [0.3, 0.4) is 0 Å². The fraction of sp³-hybridized carbons (Fsp3) is 0.500. The molecule has 5 nitrogen and oxygen atoms in total. The van der Waals surface area contributed by atoms with Gasteiger partial charge in [0.25, 0.3) is 0 Å². The molecule has 1 N–H and O–H groups in total. The molecule has 2 atom stereocenters. The van der Waals surface area contributed by atoms with E-state index in [0.29, 0.717) is 12.6 Å². The predicted octanol–water partition coefficient (Wildman–Crippen LogP) is 3.96. The summed E-state index contributed by atoms with van der Waals surface area (Å²) in [6.45, 7) is 5.14. The second-order valence-corrected chi connectivity index (χ2v) is 7.64. The van der Waals surface area contributed by atoms with Crippen LogP contribution in [-0.2, 0) is 13.1 Å². The Kier molecular flexibility index (Phi) is 7.79. The summed E-state index contributed by atoms with van der Waals surface area (Å²) in [5, 5.41) is 3.46. The molecule has 0 saturated carbocycles. The van der Waals surface area contributed by atoms with Crippen molar-refractivity contribution in [2.75, 3.05) is 26.7 Å². The molecule has 2 fully saturated rings. The Morgan fingerprint density at radius 1 is 1.14 bits per heavy atom. The summed E-state index contributed by atoms with van der Waals surface area (Å²) in [5.74, 6) is 2.65. The number of nitrogens with one attached hydrogen (secondary N) is 1. The number of furan rings is 1. The normalized spacial score (nSPS) is 23.0. The molecule has 28 heavy (non-hydrogen) atoms. The molecule has 152 valence electrons. The second kappa shape index (κ2) is 10.3. The third-order valence-electron chi connectivity index (χ3n) is 5.92. The van der Waals surface area contributed by atoms with Crippen molar-refractivity contribution in [3.63, 3.8) is 0 Å². The Labute approximate surface area is 185 Å². The van der Waals surface area contributed by atoms with Crippen molar-refractivity contribution in [1.82, 2.24) is 15.1 Å². The minimum atomic E-state index is 0. The number of piperidine rings is 2. The molecule has 1 aromatic heterocycles. The van der Waals surface area contributed by atoms with Gasteiger partial charge in [0, 0.05) is 32.7 Å². The maximum atomic E-state index is 5.43. The molecule has 2 saturated heterocycles. The lowest BCUT2D eigenvalue weighted by Crippen LogP contribution is -2.56. The van der Waals surface area contributed by atoms with Crippen molar-refractivity contribution in [2.45, 2.75) is 38.4 Å². The Hall–Kier alpha value is -1.54. The monoisotopic (exact) mass is 494 g/mol. The van der Waals surface area contributed by atoms with Gasteiger partial charge in [-0.3, -0.25) is 9.89 Å². The summed E-state index contributed by atoms with van der Waals surface area (Å²) >= 11 is 0. The number of aliphatic imine (C=N–C) groups is 1. The zero-order valence-electron chi connectivity index (χ0n) is 16.6. The molecule has 0 aliphatic carbocycles. The number of hydrogen-bond donors (Lipinski definition) is 1. The van der Waals surface area contributed by atoms with Crippen LogP contribution in [0.5, 0.6) is 0 Å². The number of halogens is 1. The Morgan fingerprint density at radius 3 is 2.75 bits per heavy atom. The number of rotatable bonds is 4. The number of fused-ring (bicyclic) bond motifs is 1. The first kappa shape index (κ1) is 21.2. The Bertz CT molecular complexity index is 734. The van der Waals surface area contributed by atoms with E-state index in [-0.39, 0.29) is 24.0 Å². The molecule has 3 heterocycles. The zero-order chi connectivity index (χ0) is 18.5. The van der Waals surface area contributed by atoms with E-state index < -0.39 is 0 Å². The van der Waals surface area contributed by atoms with E-state index in [0.717, 1.165) is 37.3 Å². The minimum absolute atomic E-state index is 0. The van der Waals surface area contributed by atoms with Gasteiger partial charge < -0.3 is 14.6 Å². The highest BCUT2D eigenvalue weighted by Gasteiger charge is 2.36. The van der Waals surface area contributed by atoms with Crippen LogP contribution in [0.15, 0.2) is 58.1 Å². The lowest BCUT2D eigenvalue weighted by molar-refractivity contribution is 0.0372. The van der Waals surface area contributed by atoms with E-state index in [2.05, 4.69) is 50.4 Å². The largest absolute Gasteiger partial charge is 0.467 e. The molecule has 6 heteroatoms. The zero-order valence-corrected chi connectivity index (χ0v) is 18.9. The van der Waals surface area contributed by atoms with E-state index in [9.17, 15) is 0 Å². The summed E-state index contributed by atoms with van der Waals surface area (Å²) < 4.78 is 5.43. The van der Waals surface area contributed by atoms with Crippen LogP contribution < -0.4 is 5.32 Å². The maximum absolute atomic E-state index is 5.43. The second-order valence-electron chi connectivity index (χ2n) is 7.64. The van der Waals surface area contributed by atoms with Crippen LogP contribution in [-0.4, -0.2) is 48.5 Å². The quantitative estimate of drug-likeness (QED) is 0.397. The molecular formula is C22H31IN4O. The average Bonchev–Trinajstić information content (AvgIpc) is 3.23. The summed E-state index contributed by atoms with van der Waals surface area (Å²) in [5.41, 5.74) is 1.43. The number of guanidine groups is 1. The number of hydrogen-bond acceptors (Lipinski definition) is 3. The molecule has 0 amide bonds. The van der Waals surface area contributed by atoms with E-state index in [1.54, 1.807) is 6.26 Å². The lowest BCUT2D eigenvalue weighted by atomic mass is 9.83. The third kappa shape index (κ3) is 5.08. The molecule has 2 aromatic rings. The summed E-state index contributed by atoms with van der Waals surface area (Å²) in [7, 11) is 1.87. The first-order chi connectivity index (χ1) is 13.3. The summed E-state index contributed by atoms with van der Waals surface area (Å²) in [6.07, 6.45) is 5.54. The number of likely N-dealkylation sites (tertiary alicyclic amines) is 2. The van der Waals surface area contributed by atoms with Crippen LogP contribution >= 0.6 is 24.0 Å². The number of benzene rings is 1. The summed E-state index contributed by atoms with van der Waals surface area (Å²) in [4.78, 5) is 9.65. The Morgan fingerprint density at radius 2 is 2.00 bits per heavy atom. The van der Waals surface area contributed by atoms with Crippen LogP contribution in [0.25, 0.3) is 0 Å². The molecule has 0 spiro atoms. The summed E-state index contributed by atoms with van der Waals surface area (Å²) in [6, 6.07) is 15.5. The minimum Gasteiger partial charge on any atom is -0.467 e. The molecule has 1 aromatic carbocycles. The lowest BCUT2D eigenvalue weighted by Gasteiger charge is -2.48. The molecule has 0 radical (unpaired) electrons. The van der Waals surface area contributed by atoms with Gasteiger partial charge in [0.2, 0.25) is 0 Å². The van der Waals surface area contributed by atoms with Crippen molar-refractivity contribution in [3.8, 4) is 0 Å². The molecule has 2 aliphatic heterocycles. The van der Waals surface area contributed by atoms with Crippen molar-refractivity contribution >= 4 is 29.9 Å². The van der Waals surface area contributed by atoms with Gasteiger partial charge in [0.15, 0.2) is 5.96 Å². The van der Waals surface area contributed by atoms with Crippen LogP contribution in [0.2, 0.25) is 0 Å². The fourth-order valence-electron chi connectivity index (χ4n) is 4.62. The highest BCUT2D eigenvalue weighted by Crippen LogP contribution is 2.31. The first-order valence-electron chi connectivity index (χ1n) is 10.1. The topological polar surface area (TPSA) is 44.0 Å². The van der Waals surface area contributed by atoms with Crippen molar-refractivity contribution < 1.29 is 4.42 Å². The van der Waals surface area contributed by atoms with Gasteiger partial charge in [0.1, 0.15) is 5.76 Å². The standard InChI is InChI=1S/C22H30N4O.HI/c1-23-22(24-15-20-10-6-14-27-20)26-13-11-21-19(17-26)9-5-12-25(21)16-18-7-3-2-4-8-18;/h2-4,6-8,10,14,19,21H,5,9,11-13,15-17H2,1H3,(H,23,24);1H. The van der Waals surface area contributed by atoms with Crippen LogP contribution in [0.4, 0.5) is 0 Å². The first-order valence-corrected chi connectivity index (χ1v) is 10.1. The SMILES string of the molecule is CN=C(NCc1ccco1)N1CCC2C(CCCN2Cc2ccccc2)C1.I. The fourth-order valence-corrected chi connectivity index (χ4v) is 4.62. The number of nitrogens with zero attached hydrogens (tertiary/aromatic N) is 3. The molecule has 4 rings (SSSR count). The van der Waals surface area contributed by atoms with Gasteiger partial charge in [-0.2, -0.15) is 0 Å². The van der Waals surface area contributed by atoms with Crippen LogP contribution in [0, 0.1) is 5.92 Å². The Balaban J connectivity index is 0.00000225. The predicted molar refractivity (Wildman–Crippen MR) is 124 cm³/mol. The van der Waals surface area contributed by atoms with E-state index in [1.807, 2.05) is 19.2 Å². The maximum Gasteiger partial charge on any atom is 0.194 e. The smallest absolute Gasteiger partial charge is 0.194 e. The van der Waals surface area contributed by atoms with Gasteiger partial charge in [-0.05, 0) is 49.4 Å². The van der Waals surface area contributed by atoms with E-state index in [1.165, 1.54) is 31.4 Å². The van der Waals surface area contributed by atoms with Gasteiger partial charge in [0.05, 0.1) is 12.8 Å². The highest BCUT2D eigenvalue weighted by atomic mass is 127. The van der Waals surface area contributed by atoms with Gasteiger partial charge in [-0.25, -0.2) is 0 Å². The van der Waals surface area contributed by atoms with E-state index >= 15 is 0 Å². The average molecular weight is 494 g/mol. The van der Waals surface area contributed by atoms with Crippen molar-refractivity contribution in [2.24, 2.45) is 10.9 Å². The molecule has 0 bridgehead atoms. The highest BCUT2D eigenvalue weighted by molar-refractivity contribution is 14.0. The third-order valence-corrected chi connectivity index (χ3v) is 5.92.